The average molecular weight is 636 g/mol. The number of hydrogen-bond acceptors (Lipinski definition) is 4. The SMILES string of the molecule is CC(n1c(CN2CCC(c3cccc4c3OC(c3ccc(Cl)cc3F)C=C4F)CC2)nc2ccc(C(=O)O)cc21)C1(CF)CC1. The molecule has 2 fully saturated rings. The second-order valence-electron chi connectivity index (χ2n) is 12.6. The van der Waals surface area contributed by atoms with E-state index in [0.29, 0.717) is 28.9 Å². The van der Waals surface area contributed by atoms with Gasteiger partial charge < -0.3 is 14.4 Å². The van der Waals surface area contributed by atoms with Crippen LogP contribution in [0.4, 0.5) is 13.2 Å². The molecule has 0 bridgehead atoms. The molecule has 234 valence electrons. The monoisotopic (exact) mass is 635 g/mol. The molecule has 4 aromatic rings. The van der Waals surface area contributed by atoms with Crippen LogP contribution >= 0.6 is 11.6 Å². The Morgan fingerprint density at radius 1 is 1.11 bits per heavy atom. The highest BCUT2D eigenvalue weighted by atomic mass is 35.5. The molecule has 1 saturated heterocycles. The summed E-state index contributed by atoms with van der Waals surface area (Å²) in [7, 11) is 0. The topological polar surface area (TPSA) is 67.6 Å². The fraction of sp³-hybridized carbons (Fsp3) is 0.371. The maximum atomic E-state index is 15.3. The third kappa shape index (κ3) is 5.40. The predicted octanol–water partition coefficient (Wildman–Crippen LogP) is 8.66. The van der Waals surface area contributed by atoms with Gasteiger partial charge in [-0.1, -0.05) is 29.8 Å². The van der Waals surface area contributed by atoms with Crippen molar-refractivity contribution in [1.29, 1.82) is 0 Å². The Morgan fingerprint density at radius 2 is 1.89 bits per heavy atom. The van der Waals surface area contributed by atoms with E-state index in [2.05, 4.69) is 4.90 Å². The molecule has 1 saturated carbocycles. The first-order valence-corrected chi connectivity index (χ1v) is 15.7. The van der Waals surface area contributed by atoms with E-state index in [4.69, 9.17) is 21.3 Å². The molecular weight excluding hydrogens is 603 g/mol. The molecule has 2 unspecified atom stereocenters. The number of piperidine rings is 1. The Hall–Kier alpha value is -3.82. The highest BCUT2D eigenvalue weighted by Gasteiger charge is 2.49. The lowest BCUT2D eigenvalue weighted by Crippen LogP contribution is -2.34. The lowest BCUT2D eigenvalue weighted by atomic mass is 9.86. The first-order valence-electron chi connectivity index (χ1n) is 15.3. The molecule has 0 radical (unpaired) electrons. The van der Waals surface area contributed by atoms with Crippen LogP contribution in [0, 0.1) is 11.2 Å². The minimum Gasteiger partial charge on any atom is -0.480 e. The number of benzene rings is 3. The van der Waals surface area contributed by atoms with Crippen LogP contribution in [-0.4, -0.2) is 45.3 Å². The molecule has 1 N–H and O–H groups in total. The van der Waals surface area contributed by atoms with E-state index in [1.165, 1.54) is 18.2 Å². The number of alkyl halides is 1. The van der Waals surface area contributed by atoms with E-state index in [0.717, 1.165) is 50.2 Å². The summed E-state index contributed by atoms with van der Waals surface area (Å²) in [5.74, 6) is -0.672. The average Bonchev–Trinajstić information content (AvgIpc) is 3.75. The van der Waals surface area contributed by atoms with Crippen LogP contribution in [0.25, 0.3) is 16.9 Å². The number of halogens is 4. The van der Waals surface area contributed by atoms with E-state index in [9.17, 15) is 18.7 Å². The summed E-state index contributed by atoms with van der Waals surface area (Å²) in [4.78, 5) is 18.9. The van der Waals surface area contributed by atoms with Crippen molar-refractivity contribution in [3.8, 4) is 5.75 Å². The number of aromatic nitrogens is 2. The molecule has 10 heteroatoms. The number of nitrogens with zero attached hydrogens (tertiary/aromatic N) is 3. The van der Waals surface area contributed by atoms with E-state index >= 15 is 4.39 Å². The van der Waals surface area contributed by atoms with E-state index in [1.807, 2.05) is 23.6 Å². The van der Waals surface area contributed by atoms with Crippen molar-refractivity contribution < 1.29 is 27.8 Å². The van der Waals surface area contributed by atoms with Crippen molar-refractivity contribution in [3.05, 3.63) is 99.6 Å². The lowest BCUT2D eigenvalue weighted by molar-refractivity contribution is 0.0697. The van der Waals surface area contributed by atoms with Crippen LogP contribution in [0.2, 0.25) is 5.02 Å². The lowest BCUT2D eigenvalue weighted by Gasteiger charge is -2.34. The Morgan fingerprint density at radius 3 is 2.58 bits per heavy atom. The van der Waals surface area contributed by atoms with Gasteiger partial charge in [0.1, 0.15) is 29.3 Å². The van der Waals surface area contributed by atoms with E-state index in [-0.39, 0.29) is 28.1 Å². The molecule has 3 heterocycles. The summed E-state index contributed by atoms with van der Waals surface area (Å²) in [5, 5.41) is 9.87. The summed E-state index contributed by atoms with van der Waals surface area (Å²) in [5.41, 5.74) is 2.62. The maximum Gasteiger partial charge on any atom is 0.335 e. The highest BCUT2D eigenvalue weighted by molar-refractivity contribution is 6.30. The molecule has 1 aliphatic carbocycles. The van der Waals surface area contributed by atoms with Gasteiger partial charge in [0.15, 0.2) is 0 Å². The van der Waals surface area contributed by atoms with Crippen molar-refractivity contribution in [2.24, 2.45) is 5.41 Å². The molecule has 0 amide bonds. The zero-order valence-electron chi connectivity index (χ0n) is 24.8. The zero-order chi connectivity index (χ0) is 31.5. The van der Waals surface area contributed by atoms with Gasteiger partial charge in [-0.3, -0.25) is 9.29 Å². The minimum absolute atomic E-state index is 0.106. The van der Waals surface area contributed by atoms with Gasteiger partial charge in [0.25, 0.3) is 0 Å². The number of imidazole rings is 1. The number of carboxylic acid groups (broad SMARTS) is 1. The normalized spacial score (nSPS) is 20.4. The van der Waals surface area contributed by atoms with Crippen LogP contribution < -0.4 is 4.74 Å². The molecule has 1 aromatic heterocycles. The molecule has 45 heavy (non-hydrogen) atoms. The summed E-state index contributed by atoms with van der Waals surface area (Å²) >= 11 is 5.93. The number of hydrogen-bond donors (Lipinski definition) is 1. The molecule has 2 aliphatic heterocycles. The third-order valence-corrected chi connectivity index (χ3v) is 10.2. The van der Waals surface area contributed by atoms with Crippen molar-refractivity contribution in [3.63, 3.8) is 0 Å². The van der Waals surface area contributed by atoms with Gasteiger partial charge in [-0.2, -0.15) is 0 Å². The van der Waals surface area contributed by atoms with Gasteiger partial charge in [-0.25, -0.2) is 18.6 Å². The molecule has 7 rings (SSSR count). The van der Waals surface area contributed by atoms with Gasteiger partial charge in [0, 0.05) is 22.0 Å². The second-order valence-corrected chi connectivity index (χ2v) is 13.0. The van der Waals surface area contributed by atoms with Gasteiger partial charge in [-0.05, 0) is 99.7 Å². The number of aromatic carboxylic acids is 1. The molecule has 6 nitrogen and oxygen atoms in total. The molecule has 2 atom stereocenters. The fourth-order valence-corrected chi connectivity index (χ4v) is 7.14. The summed E-state index contributed by atoms with van der Waals surface area (Å²) in [6.45, 7) is 3.60. The first kappa shape index (κ1) is 29.9. The van der Waals surface area contributed by atoms with Gasteiger partial charge in [0.05, 0.1) is 35.4 Å². The standard InChI is InChI=1S/C35H33ClF3N3O3/c1-20(35(19-37)11-12-35)42-30-15-22(34(43)44)5-8-29(30)40-32(42)18-41-13-9-21(10-14-41)24-3-2-4-26-28(39)17-31(45-33(24)26)25-7-6-23(36)16-27(25)38/h2-8,15-17,20-21,31H,9-14,18-19H2,1H3,(H,43,44). The quantitative estimate of drug-likeness (QED) is 0.210. The number of rotatable bonds is 8. The number of fused-ring (bicyclic) bond motifs is 2. The highest BCUT2D eigenvalue weighted by Crippen LogP contribution is 2.55. The zero-order valence-corrected chi connectivity index (χ0v) is 25.5. The van der Waals surface area contributed by atoms with E-state index in [1.54, 1.807) is 30.3 Å². The second kappa shape index (κ2) is 11.5. The van der Waals surface area contributed by atoms with E-state index < -0.39 is 35.8 Å². The smallest absolute Gasteiger partial charge is 0.335 e. The van der Waals surface area contributed by atoms with Crippen LogP contribution in [-0.2, 0) is 6.54 Å². The number of para-hydroxylation sites is 1. The molecule has 3 aliphatic rings. The van der Waals surface area contributed by atoms with Crippen LogP contribution in [0.5, 0.6) is 5.75 Å². The fourth-order valence-electron chi connectivity index (χ4n) is 6.98. The van der Waals surface area contributed by atoms with Gasteiger partial charge in [-0.15, -0.1) is 0 Å². The van der Waals surface area contributed by atoms with Crippen molar-refractivity contribution >= 4 is 34.4 Å². The summed E-state index contributed by atoms with van der Waals surface area (Å²) < 4.78 is 52.5. The molecular formula is C35H33ClF3N3O3. The number of carboxylic acids is 1. The summed E-state index contributed by atoms with van der Waals surface area (Å²) in [6.07, 6.45) is 3.54. The number of ether oxygens (including phenoxy) is 1. The summed E-state index contributed by atoms with van der Waals surface area (Å²) in [6, 6.07) is 14.5. The Kier molecular flexibility index (Phi) is 7.64. The Labute approximate surface area is 264 Å². The first-order chi connectivity index (χ1) is 21.7. The Bertz CT molecular complexity index is 1830. The number of carbonyl (C=O) groups is 1. The molecule has 0 spiro atoms. The number of likely N-dealkylation sites (tertiary alicyclic amines) is 1. The largest absolute Gasteiger partial charge is 0.480 e. The van der Waals surface area contributed by atoms with Crippen LogP contribution in [0.1, 0.15) is 83.5 Å². The van der Waals surface area contributed by atoms with Gasteiger partial charge in [0.2, 0.25) is 0 Å². The maximum absolute atomic E-state index is 15.3. The minimum atomic E-state index is -1.01. The van der Waals surface area contributed by atoms with Crippen LogP contribution in [0.15, 0.2) is 60.7 Å². The molecule has 3 aromatic carbocycles. The van der Waals surface area contributed by atoms with Crippen molar-refractivity contribution in [2.75, 3.05) is 19.8 Å². The predicted molar refractivity (Wildman–Crippen MR) is 167 cm³/mol. The van der Waals surface area contributed by atoms with Crippen molar-refractivity contribution in [2.45, 2.75) is 57.2 Å². The van der Waals surface area contributed by atoms with Crippen molar-refractivity contribution in [1.82, 2.24) is 14.5 Å². The third-order valence-electron chi connectivity index (χ3n) is 9.95. The van der Waals surface area contributed by atoms with Gasteiger partial charge >= 0.3 is 5.97 Å². The Balaban J connectivity index is 1.12. The van der Waals surface area contributed by atoms with Crippen LogP contribution in [0.3, 0.4) is 0 Å².